The molecule has 18 heavy (non-hydrogen) atoms. The molecule has 0 amide bonds. The van der Waals surface area contributed by atoms with E-state index in [9.17, 15) is 0 Å². The van der Waals surface area contributed by atoms with Gasteiger partial charge in [0.1, 0.15) is 0 Å². The van der Waals surface area contributed by atoms with Crippen LogP contribution in [0.3, 0.4) is 0 Å². The largest absolute Gasteiger partial charge is 0.539 e. The van der Waals surface area contributed by atoms with Gasteiger partial charge in [0.05, 0.1) is 39.9 Å². The maximum atomic E-state index is 5.72. The lowest BCUT2D eigenvalue weighted by molar-refractivity contribution is -1.07. The first kappa shape index (κ1) is 15.7. The third-order valence-corrected chi connectivity index (χ3v) is 13.1. The molecule has 9 heteroatoms. The predicted molar refractivity (Wildman–Crippen MR) is 78.0 cm³/mol. The van der Waals surface area contributed by atoms with Crippen molar-refractivity contribution in [3.8, 4) is 0 Å². The van der Waals surface area contributed by atoms with Crippen LogP contribution in [0, 0.1) is 0 Å². The van der Waals surface area contributed by atoms with Crippen molar-refractivity contribution in [2.75, 3.05) is 21.3 Å². The summed E-state index contributed by atoms with van der Waals surface area (Å²) in [4.78, 5) is 17.2. The van der Waals surface area contributed by atoms with Crippen molar-refractivity contribution < 1.29 is 26.4 Å². The van der Waals surface area contributed by atoms with E-state index < -0.39 is 29.5 Å². The molecule has 0 bridgehead atoms. The van der Waals surface area contributed by atoms with Crippen LogP contribution in [0.4, 0.5) is 0 Å². The van der Waals surface area contributed by atoms with Gasteiger partial charge < -0.3 is 0 Å². The number of hydrogen-bond donors (Lipinski definition) is 0. The van der Waals surface area contributed by atoms with E-state index in [1.54, 1.807) is 21.3 Å². The lowest BCUT2D eigenvalue weighted by atomic mass is 11.1. The third kappa shape index (κ3) is 2.64. The highest BCUT2D eigenvalue weighted by atomic mass is 28.4. The molecule has 1 heterocycles. The summed E-state index contributed by atoms with van der Waals surface area (Å²) in [6.45, 7) is 11.8. The SMILES string of the molecule is C=C[N+]1(OC)[SiH2][N+](C=C)(OC)[SiH2][N+](C=C)(OC)[SiH2]1. The first-order chi connectivity index (χ1) is 8.49. The zero-order valence-corrected chi connectivity index (χ0v) is 15.8. The van der Waals surface area contributed by atoms with E-state index in [0.29, 0.717) is 11.9 Å². The van der Waals surface area contributed by atoms with Crippen molar-refractivity contribution in [1.29, 1.82) is 0 Å². The number of hydrogen-bond acceptors (Lipinski definition) is 3. The molecule has 0 aromatic heterocycles. The summed E-state index contributed by atoms with van der Waals surface area (Å²) in [6.07, 6.45) is 5.62. The second-order valence-corrected chi connectivity index (χ2v) is 14.3. The monoisotopic (exact) mass is 306 g/mol. The summed E-state index contributed by atoms with van der Waals surface area (Å²) < 4.78 is 1.48. The Balaban J connectivity index is 3.25. The Kier molecular flexibility index (Phi) is 4.99. The van der Waals surface area contributed by atoms with Crippen molar-refractivity contribution in [2.45, 2.75) is 0 Å². The topological polar surface area (TPSA) is 27.7 Å². The van der Waals surface area contributed by atoms with Gasteiger partial charge in [-0.15, -0.1) is 0 Å². The second-order valence-electron chi connectivity index (χ2n) is 4.38. The van der Waals surface area contributed by atoms with Crippen LogP contribution < -0.4 is 0 Å². The number of hydroxylamine groups is 3. The van der Waals surface area contributed by atoms with Crippen molar-refractivity contribution in [1.82, 2.24) is 0 Å². The number of rotatable bonds is 6. The minimum atomic E-state index is -0.790. The summed E-state index contributed by atoms with van der Waals surface area (Å²) in [7, 11) is 2.78. The molecule has 0 aliphatic carbocycles. The van der Waals surface area contributed by atoms with Gasteiger partial charge in [-0.25, -0.2) is 14.5 Å². The fraction of sp³-hybridized carbons (Fsp3) is 0.333. The summed E-state index contributed by atoms with van der Waals surface area (Å²) in [5.41, 5.74) is 0. The van der Waals surface area contributed by atoms with E-state index in [0.717, 1.165) is 0 Å². The molecule has 1 fully saturated rings. The molecule has 0 aromatic carbocycles. The van der Waals surface area contributed by atoms with Crippen molar-refractivity contribution in [3.63, 3.8) is 0 Å². The van der Waals surface area contributed by atoms with Gasteiger partial charge in [0, 0.05) is 0 Å². The second kappa shape index (κ2) is 5.73. The summed E-state index contributed by atoms with van der Waals surface area (Å²) in [5, 5.41) is 0. The molecule has 1 saturated heterocycles. The normalized spacial score (nSPS) is 44.2. The van der Waals surface area contributed by atoms with Crippen LogP contribution >= 0.6 is 0 Å². The first-order valence-electron chi connectivity index (χ1n) is 5.67. The Hall–Kier alpha value is -0.369. The van der Waals surface area contributed by atoms with Crippen LogP contribution in [0.1, 0.15) is 0 Å². The summed E-state index contributed by atoms with van der Waals surface area (Å²) in [5.74, 6) is 0. The van der Waals surface area contributed by atoms with E-state index in [2.05, 4.69) is 19.7 Å². The first-order valence-corrected chi connectivity index (χ1v) is 9.46. The van der Waals surface area contributed by atoms with Gasteiger partial charge in [-0.05, 0) is 19.7 Å². The molecule has 1 rings (SSSR count). The molecule has 1 aliphatic heterocycles. The van der Waals surface area contributed by atoms with Crippen LogP contribution in [0.2, 0.25) is 0 Å². The average molecular weight is 307 g/mol. The lowest BCUT2D eigenvalue weighted by Crippen LogP contribution is -2.79. The molecule has 0 unspecified atom stereocenters. The molecule has 1 aliphatic rings. The van der Waals surface area contributed by atoms with Crippen LogP contribution in [0.15, 0.2) is 38.3 Å². The highest BCUT2D eigenvalue weighted by Gasteiger charge is 2.61. The van der Waals surface area contributed by atoms with Gasteiger partial charge in [-0.1, -0.05) is 0 Å². The van der Waals surface area contributed by atoms with E-state index in [1.807, 2.05) is 18.6 Å². The maximum Gasteiger partial charge on any atom is 0.539 e. The van der Waals surface area contributed by atoms with Gasteiger partial charge in [0.15, 0.2) is 0 Å². The Morgan fingerprint density at radius 2 is 0.889 bits per heavy atom. The van der Waals surface area contributed by atoms with E-state index in [1.165, 1.54) is 0 Å². The van der Waals surface area contributed by atoms with Crippen molar-refractivity contribution in [3.05, 3.63) is 38.3 Å². The van der Waals surface area contributed by atoms with E-state index in [4.69, 9.17) is 14.5 Å². The van der Waals surface area contributed by atoms with E-state index >= 15 is 0 Å². The third-order valence-electron chi connectivity index (χ3n) is 3.53. The molecule has 0 saturated carbocycles. The number of quaternary nitrogens is 3. The minimum absolute atomic E-state index is 0.493. The molecule has 0 atom stereocenters. The fourth-order valence-electron chi connectivity index (χ4n) is 2.27. The Morgan fingerprint density at radius 3 is 1.00 bits per heavy atom. The minimum Gasteiger partial charge on any atom is -0.231 e. The highest BCUT2D eigenvalue weighted by molar-refractivity contribution is 6.47. The molecule has 0 aromatic rings. The zero-order valence-electron chi connectivity index (χ0n) is 11.5. The highest BCUT2D eigenvalue weighted by Crippen LogP contribution is 2.26. The smallest absolute Gasteiger partial charge is 0.231 e. The summed E-state index contributed by atoms with van der Waals surface area (Å²) in [6, 6.07) is 0. The van der Waals surface area contributed by atoms with E-state index in [-0.39, 0.29) is 0 Å². The quantitative estimate of drug-likeness (QED) is 0.563. The van der Waals surface area contributed by atoms with Crippen LogP contribution in [0.25, 0.3) is 0 Å². The Labute approximate surface area is 116 Å². The number of nitrogens with zero attached hydrogens (tertiary/aromatic N) is 3. The maximum absolute atomic E-state index is 5.72. The molecular weight excluding hydrogens is 282 g/mol. The van der Waals surface area contributed by atoms with Gasteiger partial charge in [-0.2, -0.15) is 11.9 Å². The van der Waals surface area contributed by atoms with Gasteiger partial charge >= 0.3 is 29.5 Å². The predicted octanol–water partition coefficient (Wildman–Crippen LogP) is -1.44. The molecule has 0 spiro atoms. The molecule has 6 nitrogen and oxygen atoms in total. The lowest BCUT2D eigenvalue weighted by Gasteiger charge is -2.47. The van der Waals surface area contributed by atoms with Gasteiger partial charge in [0.25, 0.3) is 0 Å². The van der Waals surface area contributed by atoms with Gasteiger partial charge in [0.2, 0.25) is 0 Å². The zero-order chi connectivity index (χ0) is 13.9. The Bertz CT molecular complexity index is 295. The molecule has 0 N–H and O–H groups in total. The molecular formula is C9H24N3O3Si3+3. The molecule has 102 valence electrons. The standard InChI is InChI=1S/C9H24N3O3Si3/c1-7-10(13-4)16-11(8-2,14-5)18-12(9-3,15-6)17-10/h7-9H,1-3,16-18H2,4-6H3/q+3. The van der Waals surface area contributed by atoms with Crippen LogP contribution in [0.5, 0.6) is 0 Å². The van der Waals surface area contributed by atoms with Crippen molar-refractivity contribution in [2.24, 2.45) is 0 Å². The van der Waals surface area contributed by atoms with Gasteiger partial charge in [-0.3, -0.25) is 0 Å². The van der Waals surface area contributed by atoms with Crippen LogP contribution in [-0.4, -0.2) is 62.8 Å². The Morgan fingerprint density at radius 1 is 0.667 bits per heavy atom. The van der Waals surface area contributed by atoms with Crippen molar-refractivity contribution >= 4 is 29.5 Å². The van der Waals surface area contributed by atoms with Crippen LogP contribution in [-0.2, 0) is 14.5 Å². The summed E-state index contributed by atoms with van der Waals surface area (Å²) >= 11 is 0. The fourth-order valence-corrected chi connectivity index (χ4v) is 15.8. The molecule has 0 radical (unpaired) electrons. The average Bonchev–Trinajstić information content (AvgIpc) is 2.46.